The highest BCUT2D eigenvalue weighted by Gasteiger charge is 2.45. The third-order valence-electron chi connectivity index (χ3n) is 3.03. The van der Waals surface area contributed by atoms with Gasteiger partial charge in [-0.15, -0.1) is 0 Å². The lowest BCUT2D eigenvalue weighted by atomic mass is 9.86. The van der Waals surface area contributed by atoms with E-state index in [9.17, 15) is 14.3 Å². The molecule has 0 saturated carbocycles. The van der Waals surface area contributed by atoms with Crippen LogP contribution in [0.2, 0.25) is 0 Å². The number of benzene rings is 1. The molecule has 19 heavy (non-hydrogen) atoms. The van der Waals surface area contributed by atoms with E-state index in [4.69, 9.17) is 9.47 Å². The van der Waals surface area contributed by atoms with E-state index in [0.29, 0.717) is 12.3 Å². The molecule has 0 unspecified atom stereocenters. The molecule has 0 spiro atoms. The van der Waals surface area contributed by atoms with Crippen molar-refractivity contribution in [2.75, 3.05) is 31.7 Å². The molecule has 0 aromatic heterocycles. The first-order valence-electron chi connectivity index (χ1n) is 6.04. The van der Waals surface area contributed by atoms with Gasteiger partial charge in [-0.2, -0.15) is 0 Å². The molecule has 5 nitrogen and oxygen atoms in total. The predicted octanol–water partition coefficient (Wildman–Crippen LogP) is 1.17. The van der Waals surface area contributed by atoms with E-state index in [1.807, 2.05) is 0 Å². The lowest BCUT2D eigenvalue weighted by Gasteiger charge is -2.37. The van der Waals surface area contributed by atoms with Crippen LogP contribution in [0.4, 0.5) is 10.1 Å². The van der Waals surface area contributed by atoms with Crippen LogP contribution >= 0.6 is 0 Å². The Balaban J connectivity index is 2.07. The molecule has 1 aromatic carbocycles. The van der Waals surface area contributed by atoms with Crippen LogP contribution in [-0.4, -0.2) is 37.4 Å². The SMILES string of the molecule is CCOc1ccc(NC(=O)C2(CO)COC2)cc1F. The summed E-state index contributed by atoms with van der Waals surface area (Å²) in [6.45, 7) is 2.19. The molecule has 1 aliphatic rings. The average molecular weight is 269 g/mol. The molecule has 1 amide bonds. The summed E-state index contributed by atoms with van der Waals surface area (Å²) in [6, 6.07) is 4.20. The minimum absolute atomic E-state index is 0.143. The van der Waals surface area contributed by atoms with Crippen molar-refractivity contribution in [3.05, 3.63) is 24.0 Å². The maximum atomic E-state index is 13.6. The van der Waals surface area contributed by atoms with Crippen LogP contribution in [0.15, 0.2) is 18.2 Å². The number of nitrogens with one attached hydrogen (secondary N) is 1. The second-order valence-corrected chi connectivity index (χ2v) is 4.46. The molecule has 0 radical (unpaired) electrons. The van der Waals surface area contributed by atoms with Crippen molar-refractivity contribution in [3.8, 4) is 5.75 Å². The van der Waals surface area contributed by atoms with Gasteiger partial charge in [-0.25, -0.2) is 4.39 Å². The maximum Gasteiger partial charge on any atom is 0.237 e. The molecular weight excluding hydrogens is 253 g/mol. The second kappa shape index (κ2) is 5.54. The van der Waals surface area contributed by atoms with Gasteiger partial charge in [-0.1, -0.05) is 0 Å². The number of hydrogen-bond donors (Lipinski definition) is 2. The standard InChI is InChI=1S/C13H16FNO4/c1-2-19-11-4-3-9(5-10(11)14)15-12(17)13(6-16)7-18-8-13/h3-5,16H,2,6-8H2,1H3,(H,15,17). The monoisotopic (exact) mass is 269 g/mol. The zero-order chi connectivity index (χ0) is 13.9. The van der Waals surface area contributed by atoms with Crippen molar-refractivity contribution in [2.45, 2.75) is 6.92 Å². The molecule has 2 N–H and O–H groups in total. The smallest absolute Gasteiger partial charge is 0.237 e. The molecule has 1 saturated heterocycles. The molecule has 1 fully saturated rings. The quantitative estimate of drug-likeness (QED) is 0.842. The Labute approximate surface area is 110 Å². The number of anilines is 1. The van der Waals surface area contributed by atoms with Crippen molar-refractivity contribution in [2.24, 2.45) is 5.41 Å². The Morgan fingerprint density at radius 2 is 2.32 bits per heavy atom. The van der Waals surface area contributed by atoms with Crippen molar-refractivity contribution in [1.29, 1.82) is 0 Å². The number of hydrogen-bond acceptors (Lipinski definition) is 4. The number of carbonyl (C=O) groups excluding carboxylic acids is 1. The summed E-state index contributed by atoms with van der Waals surface area (Å²) < 4.78 is 23.6. The predicted molar refractivity (Wildman–Crippen MR) is 66.5 cm³/mol. The van der Waals surface area contributed by atoms with E-state index in [1.54, 1.807) is 13.0 Å². The van der Waals surface area contributed by atoms with Gasteiger partial charge >= 0.3 is 0 Å². The first-order chi connectivity index (χ1) is 9.11. The third-order valence-corrected chi connectivity index (χ3v) is 3.03. The second-order valence-electron chi connectivity index (χ2n) is 4.46. The zero-order valence-electron chi connectivity index (χ0n) is 10.6. The van der Waals surface area contributed by atoms with Gasteiger partial charge in [0.2, 0.25) is 5.91 Å². The molecule has 1 aromatic rings. The number of ether oxygens (including phenoxy) is 2. The normalized spacial score (nSPS) is 16.6. The van der Waals surface area contributed by atoms with Gasteiger partial charge in [-0.3, -0.25) is 4.79 Å². The highest BCUT2D eigenvalue weighted by Crippen LogP contribution is 2.29. The van der Waals surface area contributed by atoms with E-state index in [1.165, 1.54) is 12.1 Å². The van der Waals surface area contributed by atoms with Crippen LogP contribution in [0.1, 0.15) is 6.92 Å². The minimum atomic E-state index is -0.908. The Bertz CT molecular complexity index is 468. The van der Waals surface area contributed by atoms with Crippen LogP contribution in [0.5, 0.6) is 5.75 Å². The number of rotatable bonds is 5. The highest BCUT2D eigenvalue weighted by molar-refractivity contribution is 5.96. The molecule has 0 bridgehead atoms. The molecule has 1 aliphatic heterocycles. The van der Waals surface area contributed by atoms with E-state index in [0.717, 1.165) is 0 Å². The van der Waals surface area contributed by atoms with Gasteiger partial charge in [0.15, 0.2) is 11.6 Å². The zero-order valence-corrected chi connectivity index (χ0v) is 10.6. The van der Waals surface area contributed by atoms with Crippen molar-refractivity contribution in [3.63, 3.8) is 0 Å². The van der Waals surface area contributed by atoms with Crippen LogP contribution in [0.3, 0.4) is 0 Å². The van der Waals surface area contributed by atoms with E-state index in [2.05, 4.69) is 5.32 Å². The Morgan fingerprint density at radius 1 is 1.58 bits per heavy atom. The summed E-state index contributed by atoms with van der Waals surface area (Å²) in [5.41, 5.74) is -0.583. The van der Waals surface area contributed by atoms with Crippen LogP contribution in [0, 0.1) is 11.2 Å². The molecule has 2 rings (SSSR count). The Kier molecular flexibility index (Phi) is 4.01. The molecule has 6 heteroatoms. The summed E-state index contributed by atoms with van der Waals surface area (Å²) >= 11 is 0. The van der Waals surface area contributed by atoms with Crippen molar-refractivity contribution >= 4 is 11.6 Å². The van der Waals surface area contributed by atoms with Crippen molar-refractivity contribution in [1.82, 2.24) is 0 Å². The largest absolute Gasteiger partial charge is 0.491 e. The van der Waals surface area contributed by atoms with E-state index < -0.39 is 11.2 Å². The number of halogens is 1. The maximum absolute atomic E-state index is 13.6. The molecular formula is C13H16FNO4. The molecule has 104 valence electrons. The highest BCUT2D eigenvalue weighted by atomic mass is 19.1. The van der Waals surface area contributed by atoms with Crippen LogP contribution in [0.25, 0.3) is 0 Å². The molecule has 1 heterocycles. The van der Waals surface area contributed by atoms with E-state index >= 15 is 0 Å². The third kappa shape index (κ3) is 2.69. The van der Waals surface area contributed by atoms with Crippen molar-refractivity contribution < 1.29 is 23.8 Å². The van der Waals surface area contributed by atoms with E-state index in [-0.39, 0.29) is 31.5 Å². The van der Waals surface area contributed by atoms with Gasteiger partial charge in [0, 0.05) is 11.8 Å². The van der Waals surface area contributed by atoms with Gasteiger partial charge in [0.1, 0.15) is 5.41 Å². The first kappa shape index (κ1) is 13.8. The summed E-state index contributed by atoms with van der Waals surface area (Å²) in [5.74, 6) is -0.767. The van der Waals surface area contributed by atoms with Crippen LogP contribution < -0.4 is 10.1 Å². The Hall–Kier alpha value is -1.66. The summed E-state index contributed by atoms with van der Waals surface area (Å²) in [5, 5.41) is 11.8. The Morgan fingerprint density at radius 3 is 2.79 bits per heavy atom. The fourth-order valence-electron chi connectivity index (χ4n) is 1.76. The van der Waals surface area contributed by atoms with Gasteiger partial charge in [-0.05, 0) is 19.1 Å². The summed E-state index contributed by atoms with van der Waals surface area (Å²) in [7, 11) is 0. The van der Waals surface area contributed by atoms with Gasteiger partial charge in [0.05, 0.1) is 26.4 Å². The topological polar surface area (TPSA) is 67.8 Å². The fourth-order valence-corrected chi connectivity index (χ4v) is 1.76. The van der Waals surface area contributed by atoms with Crippen LogP contribution in [-0.2, 0) is 9.53 Å². The first-order valence-corrected chi connectivity index (χ1v) is 6.04. The van der Waals surface area contributed by atoms with Gasteiger partial charge in [0.25, 0.3) is 0 Å². The molecule has 0 aliphatic carbocycles. The van der Waals surface area contributed by atoms with Gasteiger partial charge < -0.3 is 19.9 Å². The fraction of sp³-hybridized carbons (Fsp3) is 0.462. The minimum Gasteiger partial charge on any atom is -0.491 e. The number of amides is 1. The molecule has 0 atom stereocenters. The number of carbonyl (C=O) groups is 1. The lowest BCUT2D eigenvalue weighted by Crippen LogP contribution is -2.54. The summed E-state index contributed by atoms with van der Waals surface area (Å²) in [6.07, 6.45) is 0. The average Bonchev–Trinajstić information content (AvgIpc) is 2.32. The lowest BCUT2D eigenvalue weighted by molar-refractivity contribution is -0.164. The number of aliphatic hydroxyl groups excluding tert-OH is 1. The number of aliphatic hydroxyl groups is 1. The summed E-state index contributed by atoms with van der Waals surface area (Å²) in [4.78, 5) is 12.0.